The van der Waals surface area contributed by atoms with Gasteiger partial charge in [-0.15, -0.1) is 0 Å². The molecule has 0 aromatic heterocycles. The quantitative estimate of drug-likeness (QED) is 0.592. The number of phenolic OH excluding ortho intramolecular Hbond substituents is 1. The second-order valence-electron chi connectivity index (χ2n) is 9.11. The first-order chi connectivity index (χ1) is 16.3. The number of piperidine rings is 1. The Morgan fingerprint density at radius 1 is 1.15 bits per heavy atom. The van der Waals surface area contributed by atoms with Gasteiger partial charge in [0, 0.05) is 35.3 Å². The summed E-state index contributed by atoms with van der Waals surface area (Å²) in [6.07, 6.45) is 8.12. The number of nitrogens with one attached hydrogen (secondary N) is 1. The highest BCUT2D eigenvalue weighted by Crippen LogP contribution is 2.31. The van der Waals surface area contributed by atoms with Crippen LogP contribution in [0, 0.1) is 24.2 Å². The molecule has 2 aliphatic rings. The lowest BCUT2D eigenvalue weighted by molar-refractivity contribution is -0.135. The van der Waals surface area contributed by atoms with Crippen molar-refractivity contribution in [3.05, 3.63) is 63.2 Å². The fraction of sp³-hybridized carbons (Fsp3) is 0.370. The van der Waals surface area contributed by atoms with Gasteiger partial charge in [-0.2, -0.15) is 5.26 Å². The first-order valence-corrected chi connectivity index (χ1v) is 12.1. The summed E-state index contributed by atoms with van der Waals surface area (Å²) >= 11 is 6.36. The lowest BCUT2D eigenvalue weighted by Crippen LogP contribution is -2.39. The Labute approximate surface area is 204 Å². The number of nitriles is 1. The highest BCUT2D eigenvalue weighted by molar-refractivity contribution is 6.31. The number of benzene rings is 2. The van der Waals surface area contributed by atoms with Crippen LogP contribution >= 0.6 is 11.6 Å². The average Bonchev–Trinajstić information content (AvgIpc) is 3.36. The Morgan fingerprint density at radius 2 is 1.85 bits per heavy atom. The van der Waals surface area contributed by atoms with Crippen LogP contribution in [0.2, 0.25) is 5.02 Å². The van der Waals surface area contributed by atoms with Gasteiger partial charge in [-0.05, 0) is 74.1 Å². The van der Waals surface area contributed by atoms with Crippen molar-refractivity contribution in [2.24, 2.45) is 5.92 Å². The van der Waals surface area contributed by atoms with Gasteiger partial charge in [0.15, 0.2) is 0 Å². The molecule has 1 heterocycles. The molecule has 2 amide bonds. The zero-order chi connectivity index (χ0) is 24.2. The lowest BCUT2D eigenvalue weighted by Gasteiger charge is -2.30. The van der Waals surface area contributed by atoms with Crippen molar-refractivity contribution in [3.8, 4) is 11.8 Å². The zero-order valence-corrected chi connectivity index (χ0v) is 20.0. The molecule has 2 aromatic rings. The molecule has 1 aliphatic carbocycles. The van der Waals surface area contributed by atoms with Gasteiger partial charge < -0.3 is 15.3 Å². The van der Waals surface area contributed by atoms with Crippen molar-refractivity contribution in [3.63, 3.8) is 0 Å². The van der Waals surface area contributed by atoms with Crippen LogP contribution in [0.4, 0.5) is 5.69 Å². The number of hydrogen-bond acceptors (Lipinski definition) is 4. The number of nitrogens with zero attached hydrogens (tertiary/aromatic N) is 2. The van der Waals surface area contributed by atoms with E-state index in [0.717, 1.165) is 62.7 Å². The van der Waals surface area contributed by atoms with E-state index in [9.17, 15) is 14.7 Å². The van der Waals surface area contributed by atoms with Crippen LogP contribution in [0.15, 0.2) is 35.9 Å². The van der Waals surface area contributed by atoms with Gasteiger partial charge in [-0.25, -0.2) is 0 Å². The monoisotopic (exact) mass is 477 g/mol. The first-order valence-electron chi connectivity index (χ1n) is 11.7. The molecule has 1 saturated carbocycles. The molecule has 34 heavy (non-hydrogen) atoms. The number of likely N-dealkylation sites (tertiary alicyclic amines) is 1. The molecular weight excluding hydrogens is 450 g/mol. The van der Waals surface area contributed by atoms with Crippen LogP contribution in [-0.2, 0) is 4.79 Å². The van der Waals surface area contributed by atoms with Gasteiger partial charge in [0.1, 0.15) is 5.75 Å². The third-order valence-corrected chi connectivity index (χ3v) is 6.97. The van der Waals surface area contributed by atoms with Crippen molar-refractivity contribution >= 4 is 35.2 Å². The molecule has 7 heteroatoms. The molecule has 1 saturated heterocycles. The van der Waals surface area contributed by atoms with Crippen LogP contribution < -0.4 is 5.32 Å². The van der Waals surface area contributed by atoms with Crippen molar-refractivity contribution < 1.29 is 14.7 Å². The first kappa shape index (κ1) is 23.8. The predicted octanol–water partition coefficient (Wildman–Crippen LogP) is 5.67. The normalized spacial score (nSPS) is 16.3. The Bertz CT molecular complexity index is 1180. The highest BCUT2D eigenvalue weighted by Gasteiger charge is 2.28. The maximum atomic E-state index is 12.8. The second kappa shape index (κ2) is 10.3. The maximum Gasteiger partial charge on any atom is 0.255 e. The molecule has 0 atom stereocenters. The van der Waals surface area contributed by atoms with E-state index in [1.54, 1.807) is 6.07 Å². The largest absolute Gasteiger partial charge is 0.508 e. The average molecular weight is 478 g/mol. The third-order valence-electron chi connectivity index (χ3n) is 6.75. The minimum absolute atomic E-state index is 0.143. The number of hydrogen-bond donors (Lipinski definition) is 2. The molecule has 2 N–H and O–H groups in total. The van der Waals surface area contributed by atoms with Crippen LogP contribution in [0.5, 0.6) is 5.75 Å². The summed E-state index contributed by atoms with van der Waals surface area (Å²) in [5, 5.41) is 22.2. The topological polar surface area (TPSA) is 93.4 Å². The van der Waals surface area contributed by atoms with Gasteiger partial charge in [0.2, 0.25) is 5.91 Å². The Hall–Kier alpha value is -3.30. The number of carbonyl (C=O) groups excluding carboxylic acids is 2. The van der Waals surface area contributed by atoms with E-state index in [2.05, 4.69) is 11.4 Å². The number of amides is 2. The molecule has 0 unspecified atom stereocenters. The van der Waals surface area contributed by atoms with E-state index >= 15 is 0 Å². The van der Waals surface area contributed by atoms with E-state index in [0.29, 0.717) is 16.6 Å². The standard InChI is InChI=1S/C27H28ClN3O3/c1-17-21(10-18-6-8-31(9-7-18)27(34)20-4-2-3-5-20)13-23(28)15-25(17)30-26(33)22-11-19(16-29)12-24(32)14-22/h10-15,20,32H,2-9H2,1H3,(H,30,33). The summed E-state index contributed by atoms with van der Waals surface area (Å²) in [6, 6.07) is 9.55. The number of carbonyl (C=O) groups is 2. The minimum atomic E-state index is -0.435. The van der Waals surface area contributed by atoms with E-state index in [-0.39, 0.29) is 22.8 Å². The van der Waals surface area contributed by atoms with Crippen molar-refractivity contribution in [2.75, 3.05) is 18.4 Å². The summed E-state index contributed by atoms with van der Waals surface area (Å²) in [7, 11) is 0. The molecule has 2 aromatic carbocycles. The zero-order valence-electron chi connectivity index (χ0n) is 19.2. The van der Waals surface area contributed by atoms with E-state index in [1.165, 1.54) is 23.8 Å². The third kappa shape index (κ3) is 5.43. The summed E-state index contributed by atoms with van der Waals surface area (Å²) < 4.78 is 0. The second-order valence-corrected chi connectivity index (χ2v) is 9.55. The molecular formula is C27H28ClN3O3. The van der Waals surface area contributed by atoms with E-state index in [1.807, 2.05) is 24.0 Å². The van der Waals surface area contributed by atoms with Gasteiger partial charge in [-0.1, -0.05) is 36.1 Å². The van der Waals surface area contributed by atoms with Gasteiger partial charge in [-0.3, -0.25) is 9.59 Å². The fourth-order valence-electron chi connectivity index (χ4n) is 4.79. The number of aromatic hydroxyl groups is 1. The number of halogens is 1. The van der Waals surface area contributed by atoms with E-state index in [4.69, 9.17) is 16.9 Å². The van der Waals surface area contributed by atoms with Crippen molar-refractivity contribution in [2.45, 2.75) is 45.4 Å². The molecule has 4 rings (SSSR count). The van der Waals surface area contributed by atoms with Crippen molar-refractivity contribution in [1.29, 1.82) is 5.26 Å². The number of anilines is 1. The molecule has 2 fully saturated rings. The Morgan fingerprint density at radius 3 is 2.53 bits per heavy atom. The maximum absolute atomic E-state index is 12.8. The van der Waals surface area contributed by atoms with Gasteiger partial charge in [0.25, 0.3) is 5.91 Å². The summed E-state index contributed by atoms with van der Waals surface area (Å²) in [6.45, 7) is 3.40. The van der Waals surface area contributed by atoms with Gasteiger partial charge in [0.05, 0.1) is 11.6 Å². The fourth-order valence-corrected chi connectivity index (χ4v) is 5.02. The van der Waals surface area contributed by atoms with Crippen LogP contribution in [0.1, 0.15) is 65.6 Å². The molecule has 0 radical (unpaired) electrons. The summed E-state index contributed by atoms with van der Waals surface area (Å²) in [5.41, 5.74) is 4.01. The number of phenols is 1. The highest BCUT2D eigenvalue weighted by atomic mass is 35.5. The Balaban J connectivity index is 1.48. The minimum Gasteiger partial charge on any atom is -0.508 e. The molecule has 176 valence electrons. The Kier molecular flexibility index (Phi) is 7.23. The smallest absolute Gasteiger partial charge is 0.255 e. The lowest BCUT2D eigenvalue weighted by atomic mass is 9.96. The summed E-state index contributed by atoms with van der Waals surface area (Å²) in [4.78, 5) is 27.5. The molecule has 0 spiro atoms. The molecule has 0 bridgehead atoms. The van der Waals surface area contributed by atoms with Gasteiger partial charge >= 0.3 is 0 Å². The van der Waals surface area contributed by atoms with Crippen LogP contribution in [0.3, 0.4) is 0 Å². The predicted molar refractivity (Wildman–Crippen MR) is 133 cm³/mol. The van der Waals surface area contributed by atoms with E-state index < -0.39 is 5.91 Å². The number of rotatable bonds is 4. The van der Waals surface area contributed by atoms with Crippen LogP contribution in [-0.4, -0.2) is 34.9 Å². The van der Waals surface area contributed by atoms with Crippen molar-refractivity contribution in [1.82, 2.24) is 4.90 Å². The summed E-state index contributed by atoms with van der Waals surface area (Å²) in [5.74, 6) is -0.0556. The SMILES string of the molecule is Cc1c(C=C2CCN(C(=O)C3CCCC3)CC2)cc(Cl)cc1NC(=O)c1cc(O)cc(C#N)c1. The van der Waals surface area contributed by atoms with Crippen LogP contribution in [0.25, 0.3) is 6.08 Å². The molecule has 6 nitrogen and oxygen atoms in total. The molecule has 1 aliphatic heterocycles.